The fraction of sp³-hybridized carbons (Fsp3) is 0.400. The summed E-state index contributed by atoms with van der Waals surface area (Å²) in [7, 11) is 0. The molecular weight excluding hydrogens is 166 g/mol. The average molecular weight is 181 g/mol. The molecule has 0 heterocycles. The number of rotatable bonds is 4. The van der Waals surface area contributed by atoms with Crippen LogP contribution in [0.3, 0.4) is 0 Å². The third-order valence-corrected chi connectivity index (χ3v) is 1.75. The fourth-order valence-electron chi connectivity index (χ4n) is 1.08. The summed E-state index contributed by atoms with van der Waals surface area (Å²) in [5, 5.41) is 21.4. The number of phenolic OH excluding ortho intramolecular Hbond substituents is 1. The quantitative estimate of drug-likeness (QED) is 0.646. The summed E-state index contributed by atoms with van der Waals surface area (Å²) < 4.78 is 0. The van der Waals surface area contributed by atoms with E-state index in [0.717, 1.165) is 5.56 Å². The molecule has 0 aliphatic heterocycles. The molecule has 1 atom stereocenters. The molecule has 0 aliphatic carbocycles. The normalized spacial score (nSPS) is 12.8. The number of hydrogen-bond acceptors (Lipinski definition) is 3. The van der Waals surface area contributed by atoms with Crippen LogP contribution in [-0.4, -0.2) is 22.9 Å². The molecule has 0 aliphatic rings. The Kier molecular flexibility index (Phi) is 3.73. The second kappa shape index (κ2) is 4.84. The Bertz CT molecular complexity index is 261. The second-order valence-electron chi connectivity index (χ2n) is 3.11. The van der Waals surface area contributed by atoms with E-state index in [9.17, 15) is 5.11 Å². The molecule has 0 amide bonds. The highest BCUT2D eigenvalue weighted by molar-refractivity contribution is 5.31. The van der Waals surface area contributed by atoms with Crippen LogP contribution in [0.4, 0.5) is 0 Å². The molecule has 0 saturated heterocycles. The SMILES string of the molecule is C[C@H](O)CNCc1ccccc1O. The first-order chi connectivity index (χ1) is 6.20. The van der Waals surface area contributed by atoms with Crippen LogP contribution in [0.2, 0.25) is 0 Å². The standard InChI is InChI=1S/C10H15NO2/c1-8(12)6-11-7-9-4-2-3-5-10(9)13/h2-5,8,11-13H,6-7H2,1H3/t8-/m0/s1. The van der Waals surface area contributed by atoms with Crippen molar-refractivity contribution in [2.75, 3.05) is 6.54 Å². The van der Waals surface area contributed by atoms with Gasteiger partial charge in [-0.1, -0.05) is 18.2 Å². The minimum atomic E-state index is -0.356. The summed E-state index contributed by atoms with van der Waals surface area (Å²) >= 11 is 0. The van der Waals surface area contributed by atoms with Gasteiger partial charge in [0.1, 0.15) is 5.75 Å². The van der Waals surface area contributed by atoms with Gasteiger partial charge in [0.25, 0.3) is 0 Å². The molecule has 1 aromatic rings. The maximum absolute atomic E-state index is 9.37. The molecule has 3 nitrogen and oxygen atoms in total. The van der Waals surface area contributed by atoms with E-state index in [0.29, 0.717) is 18.8 Å². The topological polar surface area (TPSA) is 52.5 Å². The highest BCUT2D eigenvalue weighted by atomic mass is 16.3. The van der Waals surface area contributed by atoms with Crippen molar-refractivity contribution in [3.05, 3.63) is 29.8 Å². The summed E-state index contributed by atoms with van der Waals surface area (Å²) in [4.78, 5) is 0. The van der Waals surface area contributed by atoms with Crippen LogP contribution < -0.4 is 5.32 Å². The van der Waals surface area contributed by atoms with Crippen molar-refractivity contribution in [1.82, 2.24) is 5.32 Å². The summed E-state index contributed by atoms with van der Waals surface area (Å²) in [6.45, 7) is 2.84. The molecule has 0 fully saturated rings. The predicted molar refractivity (Wildman–Crippen MR) is 51.5 cm³/mol. The first-order valence-electron chi connectivity index (χ1n) is 4.36. The minimum absolute atomic E-state index is 0.292. The maximum Gasteiger partial charge on any atom is 0.120 e. The monoisotopic (exact) mass is 181 g/mol. The van der Waals surface area contributed by atoms with Crippen LogP contribution in [0.15, 0.2) is 24.3 Å². The van der Waals surface area contributed by atoms with Crippen LogP contribution in [-0.2, 0) is 6.54 Å². The molecule has 3 N–H and O–H groups in total. The van der Waals surface area contributed by atoms with Gasteiger partial charge < -0.3 is 15.5 Å². The lowest BCUT2D eigenvalue weighted by Gasteiger charge is -2.07. The van der Waals surface area contributed by atoms with Crippen LogP contribution in [0.5, 0.6) is 5.75 Å². The number of phenols is 1. The van der Waals surface area contributed by atoms with E-state index >= 15 is 0 Å². The van der Waals surface area contributed by atoms with E-state index in [1.54, 1.807) is 19.1 Å². The molecule has 0 bridgehead atoms. The Morgan fingerprint density at radius 3 is 2.69 bits per heavy atom. The molecule has 13 heavy (non-hydrogen) atoms. The number of benzene rings is 1. The largest absolute Gasteiger partial charge is 0.508 e. The zero-order chi connectivity index (χ0) is 9.68. The minimum Gasteiger partial charge on any atom is -0.508 e. The van der Waals surface area contributed by atoms with Crippen molar-refractivity contribution in [3.63, 3.8) is 0 Å². The van der Waals surface area contributed by atoms with Crippen LogP contribution in [0.25, 0.3) is 0 Å². The number of aliphatic hydroxyl groups excluding tert-OH is 1. The van der Waals surface area contributed by atoms with Gasteiger partial charge in [0.15, 0.2) is 0 Å². The number of para-hydroxylation sites is 1. The molecule has 0 radical (unpaired) electrons. The van der Waals surface area contributed by atoms with E-state index in [1.807, 2.05) is 12.1 Å². The molecule has 1 aromatic carbocycles. The number of hydrogen-bond donors (Lipinski definition) is 3. The van der Waals surface area contributed by atoms with Crippen molar-refractivity contribution in [1.29, 1.82) is 0 Å². The van der Waals surface area contributed by atoms with Gasteiger partial charge in [-0.3, -0.25) is 0 Å². The van der Waals surface area contributed by atoms with Gasteiger partial charge in [-0.2, -0.15) is 0 Å². The third-order valence-electron chi connectivity index (χ3n) is 1.75. The highest BCUT2D eigenvalue weighted by Crippen LogP contribution is 2.14. The van der Waals surface area contributed by atoms with Crippen molar-refractivity contribution in [3.8, 4) is 5.75 Å². The maximum atomic E-state index is 9.37. The molecule has 72 valence electrons. The molecule has 0 unspecified atom stereocenters. The van der Waals surface area contributed by atoms with Gasteiger partial charge in [-0.15, -0.1) is 0 Å². The van der Waals surface area contributed by atoms with Crippen molar-refractivity contribution < 1.29 is 10.2 Å². The van der Waals surface area contributed by atoms with E-state index in [2.05, 4.69) is 5.32 Å². The Balaban J connectivity index is 2.41. The Hall–Kier alpha value is -1.06. The van der Waals surface area contributed by atoms with Gasteiger partial charge in [0.2, 0.25) is 0 Å². The highest BCUT2D eigenvalue weighted by Gasteiger charge is 1.99. The van der Waals surface area contributed by atoms with Crippen molar-refractivity contribution in [2.24, 2.45) is 0 Å². The molecule has 0 spiro atoms. The Labute approximate surface area is 78.0 Å². The lowest BCUT2D eigenvalue weighted by atomic mass is 10.2. The molecule has 0 aromatic heterocycles. The fourth-order valence-corrected chi connectivity index (χ4v) is 1.08. The van der Waals surface area contributed by atoms with E-state index < -0.39 is 0 Å². The molecular formula is C10H15NO2. The smallest absolute Gasteiger partial charge is 0.120 e. The third kappa shape index (κ3) is 3.44. The van der Waals surface area contributed by atoms with Crippen LogP contribution in [0, 0.1) is 0 Å². The lowest BCUT2D eigenvalue weighted by molar-refractivity contribution is 0.191. The van der Waals surface area contributed by atoms with Gasteiger partial charge in [0, 0.05) is 18.7 Å². The zero-order valence-corrected chi connectivity index (χ0v) is 7.70. The van der Waals surface area contributed by atoms with Crippen LogP contribution >= 0.6 is 0 Å². The van der Waals surface area contributed by atoms with Gasteiger partial charge >= 0.3 is 0 Å². The summed E-state index contributed by atoms with van der Waals surface area (Å²) in [5.41, 5.74) is 0.850. The second-order valence-corrected chi connectivity index (χ2v) is 3.11. The van der Waals surface area contributed by atoms with Crippen molar-refractivity contribution in [2.45, 2.75) is 19.6 Å². The predicted octanol–water partition coefficient (Wildman–Crippen LogP) is 0.863. The lowest BCUT2D eigenvalue weighted by Crippen LogP contribution is -2.23. The van der Waals surface area contributed by atoms with Gasteiger partial charge in [-0.25, -0.2) is 0 Å². The number of aliphatic hydroxyl groups is 1. The van der Waals surface area contributed by atoms with E-state index in [-0.39, 0.29) is 6.10 Å². The number of nitrogens with one attached hydrogen (secondary N) is 1. The summed E-state index contributed by atoms with van der Waals surface area (Å²) in [6, 6.07) is 7.16. The molecule has 1 rings (SSSR count). The summed E-state index contributed by atoms with van der Waals surface area (Å²) in [6.07, 6.45) is -0.356. The Morgan fingerprint density at radius 2 is 2.08 bits per heavy atom. The Morgan fingerprint density at radius 1 is 1.38 bits per heavy atom. The summed E-state index contributed by atoms with van der Waals surface area (Å²) in [5.74, 6) is 0.292. The van der Waals surface area contributed by atoms with E-state index in [1.165, 1.54) is 0 Å². The van der Waals surface area contributed by atoms with Crippen LogP contribution in [0.1, 0.15) is 12.5 Å². The first-order valence-corrected chi connectivity index (χ1v) is 4.36. The van der Waals surface area contributed by atoms with E-state index in [4.69, 9.17) is 5.11 Å². The molecule has 3 heteroatoms. The molecule has 0 saturated carbocycles. The number of aromatic hydroxyl groups is 1. The van der Waals surface area contributed by atoms with Crippen molar-refractivity contribution >= 4 is 0 Å². The first kappa shape index (κ1) is 10.0. The van der Waals surface area contributed by atoms with Gasteiger partial charge in [0.05, 0.1) is 6.10 Å². The zero-order valence-electron chi connectivity index (χ0n) is 7.70. The average Bonchev–Trinajstić information content (AvgIpc) is 2.08. The van der Waals surface area contributed by atoms with Gasteiger partial charge in [-0.05, 0) is 13.0 Å².